The first-order chi connectivity index (χ1) is 14.6. The maximum Gasteiger partial charge on any atom is 0.266 e. The molecule has 4 aromatic rings. The van der Waals surface area contributed by atoms with Gasteiger partial charge >= 0.3 is 0 Å². The van der Waals surface area contributed by atoms with Crippen molar-refractivity contribution in [1.29, 1.82) is 0 Å². The van der Waals surface area contributed by atoms with Gasteiger partial charge in [-0.1, -0.05) is 51.8 Å². The number of hydrazone groups is 1. The molecule has 1 aliphatic heterocycles. The van der Waals surface area contributed by atoms with Crippen LogP contribution in [0.25, 0.3) is 16.6 Å². The molecule has 0 radical (unpaired) electrons. The Kier molecular flexibility index (Phi) is 4.89. The van der Waals surface area contributed by atoms with Gasteiger partial charge in [0.15, 0.2) is 5.82 Å². The molecule has 0 bridgehead atoms. The van der Waals surface area contributed by atoms with Gasteiger partial charge in [0.1, 0.15) is 5.71 Å². The summed E-state index contributed by atoms with van der Waals surface area (Å²) >= 11 is 9.53. The Balaban J connectivity index is 1.75. The van der Waals surface area contributed by atoms with Gasteiger partial charge in [-0.3, -0.25) is 9.36 Å². The Labute approximate surface area is 186 Å². The Hall–Kier alpha value is -2.96. The van der Waals surface area contributed by atoms with E-state index < -0.39 is 0 Å². The molecule has 1 aliphatic rings. The predicted molar refractivity (Wildman–Crippen MR) is 124 cm³/mol. The van der Waals surface area contributed by atoms with Gasteiger partial charge in [-0.25, -0.2) is 4.98 Å². The number of hydrogen-bond donors (Lipinski definition) is 1. The number of benzene rings is 3. The number of rotatable bonds is 3. The maximum absolute atomic E-state index is 13.5. The SMILES string of the molecule is O=c1c2ccccc2nc(C2=NNCC2c2ccc(Cl)cc2)n1-c1ccc(Br)cc1. The molecule has 0 saturated carbocycles. The fourth-order valence-electron chi connectivity index (χ4n) is 3.71. The molecule has 2 heterocycles. The highest BCUT2D eigenvalue weighted by atomic mass is 79.9. The largest absolute Gasteiger partial charge is 0.309 e. The van der Waals surface area contributed by atoms with Crippen molar-refractivity contribution in [3.63, 3.8) is 0 Å². The molecule has 5 nitrogen and oxygen atoms in total. The molecule has 1 aromatic heterocycles. The van der Waals surface area contributed by atoms with Crippen LogP contribution in [0.5, 0.6) is 0 Å². The summed E-state index contributed by atoms with van der Waals surface area (Å²) < 4.78 is 2.58. The standard InChI is InChI=1S/C23H16BrClN4O/c24-15-7-11-17(12-8-15)29-22(27-20-4-2-1-3-18(20)23(29)30)21-19(13-26-28-21)14-5-9-16(25)10-6-14/h1-12,19,26H,13H2. The van der Waals surface area contributed by atoms with Crippen molar-refractivity contribution in [2.45, 2.75) is 5.92 Å². The van der Waals surface area contributed by atoms with E-state index in [1.54, 1.807) is 10.6 Å². The predicted octanol–water partition coefficient (Wildman–Crippen LogP) is 4.89. The Morgan fingerprint density at radius 1 is 1.00 bits per heavy atom. The molecule has 3 aromatic carbocycles. The summed E-state index contributed by atoms with van der Waals surface area (Å²) in [7, 11) is 0. The molecule has 1 unspecified atom stereocenters. The Morgan fingerprint density at radius 2 is 1.73 bits per heavy atom. The third kappa shape index (κ3) is 3.32. The second-order valence-electron chi connectivity index (χ2n) is 7.03. The van der Waals surface area contributed by atoms with Gasteiger partial charge in [0.25, 0.3) is 5.56 Å². The van der Waals surface area contributed by atoms with Gasteiger partial charge in [0.05, 0.1) is 22.5 Å². The summed E-state index contributed by atoms with van der Waals surface area (Å²) in [5.74, 6) is 0.489. The number of nitrogens with one attached hydrogen (secondary N) is 1. The van der Waals surface area contributed by atoms with Gasteiger partial charge in [-0.05, 0) is 54.1 Å². The van der Waals surface area contributed by atoms with E-state index in [1.165, 1.54) is 0 Å². The highest BCUT2D eigenvalue weighted by molar-refractivity contribution is 9.10. The van der Waals surface area contributed by atoms with Crippen LogP contribution in [-0.2, 0) is 0 Å². The van der Waals surface area contributed by atoms with Gasteiger partial charge in [0.2, 0.25) is 0 Å². The molecule has 5 rings (SSSR count). The zero-order chi connectivity index (χ0) is 20.7. The summed E-state index contributed by atoms with van der Waals surface area (Å²) in [5.41, 5.74) is 6.13. The van der Waals surface area contributed by atoms with E-state index in [0.29, 0.717) is 28.3 Å². The molecule has 0 spiro atoms. The molecule has 7 heteroatoms. The lowest BCUT2D eigenvalue weighted by Gasteiger charge is -2.17. The fourth-order valence-corrected chi connectivity index (χ4v) is 4.10. The lowest BCUT2D eigenvalue weighted by Crippen LogP contribution is -2.28. The molecule has 148 valence electrons. The lowest BCUT2D eigenvalue weighted by atomic mass is 9.94. The summed E-state index contributed by atoms with van der Waals surface area (Å²) in [6.07, 6.45) is 0. The zero-order valence-electron chi connectivity index (χ0n) is 15.7. The summed E-state index contributed by atoms with van der Waals surface area (Å²) in [5, 5.41) is 5.79. The van der Waals surface area contributed by atoms with Crippen molar-refractivity contribution in [2.75, 3.05) is 6.54 Å². The van der Waals surface area contributed by atoms with Crippen LogP contribution >= 0.6 is 27.5 Å². The highest BCUT2D eigenvalue weighted by Crippen LogP contribution is 2.27. The number of hydrogen-bond acceptors (Lipinski definition) is 4. The molecule has 1 atom stereocenters. The van der Waals surface area contributed by atoms with E-state index in [1.807, 2.05) is 66.7 Å². The van der Waals surface area contributed by atoms with Gasteiger partial charge in [0, 0.05) is 16.0 Å². The second kappa shape index (κ2) is 7.70. The average molecular weight is 480 g/mol. The molecule has 0 saturated heterocycles. The first-order valence-electron chi connectivity index (χ1n) is 9.46. The van der Waals surface area contributed by atoms with Crippen molar-refractivity contribution >= 4 is 44.1 Å². The van der Waals surface area contributed by atoms with Crippen LogP contribution in [0.2, 0.25) is 5.02 Å². The van der Waals surface area contributed by atoms with E-state index in [-0.39, 0.29) is 11.5 Å². The molecule has 0 amide bonds. The number of nitrogens with zero attached hydrogens (tertiary/aromatic N) is 3. The van der Waals surface area contributed by atoms with Crippen molar-refractivity contribution < 1.29 is 0 Å². The Bertz CT molecular complexity index is 1330. The quantitative estimate of drug-likeness (QED) is 0.455. The highest BCUT2D eigenvalue weighted by Gasteiger charge is 2.29. The number of aromatic nitrogens is 2. The van der Waals surface area contributed by atoms with Crippen LogP contribution in [0.15, 0.2) is 87.2 Å². The van der Waals surface area contributed by atoms with Crippen molar-refractivity contribution in [2.24, 2.45) is 5.10 Å². The summed E-state index contributed by atoms with van der Waals surface area (Å²) in [4.78, 5) is 18.4. The third-order valence-electron chi connectivity index (χ3n) is 5.19. The smallest absolute Gasteiger partial charge is 0.266 e. The van der Waals surface area contributed by atoms with Crippen molar-refractivity contribution in [3.8, 4) is 5.69 Å². The summed E-state index contributed by atoms with van der Waals surface area (Å²) in [6, 6.07) is 22.7. The van der Waals surface area contributed by atoms with E-state index in [2.05, 4.69) is 26.5 Å². The molecule has 0 aliphatic carbocycles. The molecule has 1 N–H and O–H groups in total. The Morgan fingerprint density at radius 3 is 2.50 bits per heavy atom. The van der Waals surface area contributed by atoms with E-state index in [0.717, 1.165) is 21.4 Å². The number of fused-ring (bicyclic) bond motifs is 1. The van der Waals surface area contributed by atoms with Crippen LogP contribution in [0, 0.1) is 0 Å². The topological polar surface area (TPSA) is 59.3 Å². The minimum atomic E-state index is -0.123. The fraction of sp³-hybridized carbons (Fsp3) is 0.0870. The lowest BCUT2D eigenvalue weighted by molar-refractivity contribution is 0.763. The molecular formula is C23H16BrClN4O. The first-order valence-corrected chi connectivity index (χ1v) is 10.6. The third-order valence-corrected chi connectivity index (χ3v) is 5.97. The minimum Gasteiger partial charge on any atom is -0.309 e. The first kappa shape index (κ1) is 19.0. The van der Waals surface area contributed by atoms with Crippen molar-refractivity contribution in [1.82, 2.24) is 15.0 Å². The van der Waals surface area contributed by atoms with E-state index >= 15 is 0 Å². The van der Waals surface area contributed by atoms with Gasteiger partial charge < -0.3 is 5.43 Å². The van der Waals surface area contributed by atoms with Crippen LogP contribution in [-0.4, -0.2) is 21.8 Å². The number of para-hydroxylation sites is 1. The molecular weight excluding hydrogens is 464 g/mol. The minimum absolute atomic E-state index is 0.0444. The van der Waals surface area contributed by atoms with Gasteiger partial charge in [-0.2, -0.15) is 5.10 Å². The van der Waals surface area contributed by atoms with Crippen LogP contribution in [0.4, 0.5) is 0 Å². The maximum atomic E-state index is 13.5. The monoisotopic (exact) mass is 478 g/mol. The van der Waals surface area contributed by atoms with E-state index in [4.69, 9.17) is 16.6 Å². The molecule has 0 fully saturated rings. The van der Waals surface area contributed by atoms with Gasteiger partial charge in [-0.15, -0.1) is 0 Å². The van der Waals surface area contributed by atoms with E-state index in [9.17, 15) is 4.79 Å². The number of halogens is 2. The second-order valence-corrected chi connectivity index (χ2v) is 8.39. The zero-order valence-corrected chi connectivity index (χ0v) is 18.1. The molecule has 30 heavy (non-hydrogen) atoms. The van der Waals surface area contributed by atoms with Crippen molar-refractivity contribution in [3.05, 3.63) is 104 Å². The van der Waals surface area contributed by atoms with Crippen LogP contribution in [0.3, 0.4) is 0 Å². The normalized spacial score (nSPS) is 15.8. The van der Waals surface area contributed by atoms with Crippen LogP contribution in [0.1, 0.15) is 17.3 Å². The van der Waals surface area contributed by atoms with Crippen LogP contribution < -0.4 is 11.0 Å². The summed E-state index contributed by atoms with van der Waals surface area (Å²) in [6.45, 7) is 0.625. The average Bonchev–Trinajstić information content (AvgIpc) is 3.25.